The second-order valence-corrected chi connectivity index (χ2v) is 5.50. The molecule has 0 saturated carbocycles. The number of nitrogen functional groups attached to an aromatic ring is 1. The zero-order chi connectivity index (χ0) is 12.4. The molecule has 2 N–H and O–H groups in total. The van der Waals surface area contributed by atoms with Crippen molar-refractivity contribution in [3.8, 4) is 0 Å². The predicted molar refractivity (Wildman–Crippen MR) is 77.4 cm³/mol. The van der Waals surface area contributed by atoms with Gasteiger partial charge in [0.2, 0.25) is 0 Å². The number of piperidine rings is 1. The Morgan fingerprint density at radius 1 is 1.11 bits per heavy atom. The molecule has 0 amide bonds. The third-order valence-electron chi connectivity index (χ3n) is 4.19. The predicted octanol–water partition coefficient (Wildman–Crippen LogP) is 3.08. The molecule has 1 aromatic rings. The van der Waals surface area contributed by atoms with E-state index in [9.17, 15) is 0 Å². The molecule has 0 aromatic heterocycles. The highest BCUT2D eigenvalue weighted by molar-refractivity contribution is 5.75. The number of nitrogens with two attached hydrogens (primary N) is 1. The Balaban J connectivity index is 1.63. The van der Waals surface area contributed by atoms with Crippen LogP contribution < -0.4 is 5.73 Å². The van der Waals surface area contributed by atoms with Crippen molar-refractivity contribution in [2.45, 2.75) is 32.1 Å². The van der Waals surface area contributed by atoms with Crippen LogP contribution in [0.1, 0.15) is 36.8 Å². The lowest BCUT2D eigenvalue weighted by molar-refractivity contribution is 0.234. The molecule has 3 rings (SSSR count). The molecule has 18 heavy (non-hydrogen) atoms. The van der Waals surface area contributed by atoms with E-state index in [0.717, 1.165) is 12.1 Å². The van der Waals surface area contributed by atoms with Gasteiger partial charge in [0.25, 0.3) is 0 Å². The number of allylic oxidation sites excluding steroid dienone is 1. The molecule has 1 aromatic carbocycles. The van der Waals surface area contributed by atoms with Crippen molar-refractivity contribution >= 4 is 11.3 Å². The van der Waals surface area contributed by atoms with Crippen molar-refractivity contribution in [2.24, 2.45) is 0 Å². The molecule has 0 unspecified atom stereocenters. The fourth-order valence-electron chi connectivity index (χ4n) is 3.11. The first-order valence-electron chi connectivity index (χ1n) is 7.13. The first kappa shape index (κ1) is 11.8. The summed E-state index contributed by atoms with van der Waals surface area (Å²) >= 11 is 0. The third kappa shape index (κ3) is 2.44. The molecule has 1 heterocycles. The Bertz CT molecular complexity index is 456. The van der Waals surface area contributed by atoms with Crippen LogP contribution in [0.5, 0.6) is 0 Å². The van der Waals surface area contributed by atoms with Crippen LogP contribution in [0, 0.1) is 0 Å². The van der Waals surface area contributed by atoms with Gasteiger partial charge in [0, 0.05) is 12.2 Å². The van der Waals surface area contributed by atoms with E-state index in [2.05, 4.69) is 23.1 Å². The molecule has 0 bridgehead atoms. The molecule has 1 aliphatic heterocycles. The average molecular weight is 242 g/mol. The van der Waals surface area contributed by atoms with Crippen molar-refractivity contribution in [1.29, 1.82) is 0 Å². The summed E-state index contributed by atoms with van der Waals surface area (Å²) in [6.45, 7) is 3.79. The normalized spacial score (nSPS) is 19.7. The molecule has 0 atom stereocenters. The van der Waals surface area contributed by atoms with Crippen molar-refractivity contribution in [1.82, 2.24) is 4.90 Å². The van der Waals surface area contributed by atoms with Crippen LogP contribution in [0.15, 0.2) is 24.3 Å². The zero-order valence-electron chi connectivity index (χ0n) is 11.0. The molecule has 1 aliphatic carbocycles. The minimum Gasteiger partial charge on any atom is -0.399 e. The second kappa shape index (κ2) is 5.15. The fraction of sp³-hybridized carbons (Fsp3) is 0.500. The van der Waals surface area contributed by atoms with E-state index in [0.29, 0.717) is 0 Å². The Kier molecular flexibility index (Phi) is 3.37. The summed E-state index contributed by atoms with van der Waals surface area (Å²) in [5, 5.41) is 0. The van der Waals surface area contributed by atoms with Gasteiger partial charge < -0.3 is 10.6 Å². The Labute approximate surface area is 109 Å². The van der Waals surface area contributed by atoms with Gasteiger partial charge in [-0.3, -0.25) is 0 Å². The number of anilines is 1. The number of hydrogen-bond donors (Lipinski definition) is 1. The molecule has 0 radical (unpaired) electrons. The number of likely N-dealkylation sites (tertiary alicyclic amines) is 1. The van der Waals surface area contributed by atoms with Gasteiger partial charge in [0.15, 0.2) is 0 Å². The van der Waals surface area contributed by atoms with Gasteiger partial charge in [-0.25, -0.2) is 0 Å². The van der Waals surface area contributed by atoms with Crippen LogP contribution in [-0.4, -0.2) is 24.5 Å². The van der Waals surface area contributed by atoms with Crippen molar-refractivity contribution in [3.05, 3.63) is 35.4 Å². The average Bonchev–Trinajstić information content (AvgIpc) is 2.80. The van der Waals surface area contributed by atoms with E-state index in [4.69, 9.17) is 5.73 Å². The Hall–Kier alpha value is -1.28. The van der Waals surface area contributed by atoms with Gasteiger partial charge >= 0.3 is 0 Å². The lowest BCUT2D eigenvalue weighted by Gasteiger charge is -2.26. The first-order chi connectivity index (χ1) is 8.83. The topological polar surface area (TPSA) is 29.3 Å². The van der Waals surface area contributed by atoms with Crippen LogP contribution in [0.4, 0.5) is 5.69 Å². The van der Waals surface area contributed by atoms with E-state index >= 15 is 0 Å². The largest absolute Gasteiger partial charge is 0.399 e. The smallest absolute Gasteiger partial charge is 0.0320 e. The first-order valence-corrected chi connectivity index (χ1v) is 7.13. The standard InChI is InChI=1S/C16H22N2/c17-15-7-6-13-4-5-14(16(13)12-15)8-11-18-9-2-1-3-10-18/h5-7,12H,1-4,8-11,17H2. The maximum Gasteiger partial charge on any atom is 0.0320 e. The number of rotatable bonds is 3. The summed E-state index contributed by atoms with van der Waals surface area (Å²) in [6, 6.07) is 6.33. The lowest BCUT2D eigenvalue weighted by atomic mass is 10.0. The van der Waals surface area contributed by atoms with E-state index in [-0.39, 0.29) is 0 Å². The summed E-state index contributed by atoms with van der Waals surface area (Å²) in [6.07, 6.45) is 8.82. The highest BCUT2D eigenvalue weighted by Gasteiger charge is 2.16. The number of benzene rings is 1. The number of nitrogens with zero attached hydrogens (tertiary/aromatic N) is 1. The van der Waals surface area contributed by atoms with Crippen LogP contribution in [0.3, 0.4) is 0 Å². The van der Waals surface area contributed by atoms with Crippen LogP contribution in [0.25, 0.3) is 5.57 Å². The van der Waals surface area contributed by atoms with Crippen molar-refractivity contribution < 1.29 is 0 Å². The molecule has 2 nitrogen and oxygen atoms in total. The number of fused-ring (bicyclic) bond motifs is 1. The van der Waals surface area contributed by atoms with Crippen LogP contribution in [0.2, 0.25) is 0 Å². The monoisotopic (exact) mass is 242 g/mol. The zero-order valence-corrected chi connectivity index (χ0v) is 11.0. The Morgan fingerprint density at radius 3 is 2.78 bits per heavy atom. The van der Waals surface area contributed by atoms with Gasteiger partial charge in [-0.1, -0.05) is 18.6 Å². The van der Waals surface area contributed by atoms with Crippen molar-refractivity contribution in [2.75, 3.05) is 25.4 Å². The van der Waals surface area contributed by atoms with E-state index in [1.807, 2.05) is 6.07 Å². The van der Waals surface area contributed by atoms with Crippen LogP contribution >= 0.6 is 0 Å². The summed E-state index contributed by atoms with van der Waals surface area (Å²) in [7, 11) is 0. The molecule has 2 aliphatic rings. The molecule has 0 spiro atoms. The van der Waals surface area contributed by atoms with Crippen LogP contribution in [-0.2, 0) is 6.42 Å². The third-order valence-corrected chi connectivity index (χ3v) is 4.19. The summed E-state index contributed by atoms with van der Waals surface area (Å²) in [5.74, 6) is 0. The van der Waals surface area contributed by atoms with Gasteiger partial charge in [-0.15, -0.1) is 0 Å². The second-order valence-electron chi connectivity index (χ2n) is 5.50. The highest BCUT2D eigenvalue weighted by atomic mass is 15.1. The highest BCUT2D eigenvalue weighted by Crippen LogP contribution is 2.31. The van der Waals surface area contributed by atoms with E-state index in [1.54, 1.807) is 0 Å². The molecule has 96 valence electrons. The fourth-order valence-corrected chi connectivity index (χ4v) is 3.11. The van der Waals surface area contributed by atoms with Crippen molar-refractivity contribution in [3.63, 3.8) is 0 Å². The van der Waals surface area contributed by atoms with E-state index < -0.39 is 0 Å². The molecule has 2 heteroatoms. The van der Waals surface area contributed by atoms with Gasteiger partial charge in [0.05, 0.1) is 0 Å². The molecule has 1 saturated heterocycles. The summed E-state index contributed by atoms with van der Waals surface area (Å²) in [5.41, 5.74) is 11.1. The quantitative estimate of drug-likeness (QED) is 0.825. The number of hydrogen-bond acceptors (Lipinski definition) is 2. The minimum absolute atomic E-state index is 0.888. The lowest BCUT2D eigenvalue weighted by Crippen LogP contribution is -2.30. The van der Waals surface area contributed by atoms with Gasteiger partial charge in [-0.05, 0) is 67.6 Å². The summed E-state index contributed by atoms with van der Waals surface area (Å²) < 4.78 is 0. The van der Waals surface area contributed by atoms with E-state index in [1.165, 1.54) is 62.0 Å². The maximum absolute atomic E-state index is 5.89. The Morgan fingerprint density at radius 2 is 1.94 bits per heavy atom. The molecule has 1 fully saturated rings. The minimum atomic E-state index is 0.888. The SMILES string of the molecule is Nc1ccc2c(c1)C(CCN1CCCCC1)=CC2. The molecular formula is C16H22N2. The molecular weight excluding hydrogens is 220 g/mol. The van der Waals surface area contributed by atoms with Gasteiger partial charge in [0.1, 0.15) is 0 Å². The van der Waals surface area contributed by atoms with Gasteiger partial charge in [-0.2, -0.15) is 0 Å². The summed E-state index contributed by atoms with van der Waals surface area (Å²) in [4.78, 5) is 2.61. The maximum atomic E-state index is 5.89.